The summed E-state index contributed by atoms with van der Waals surface area (Å²) in [5, 5.41) is 26.9. The maximum atomic E-state index is 12.7. The second-order valence-electron chi connectivity index (χ2n) is 9.94. The molecule has 1 aliphatic heterocycles. The van der Waals surface area contributed by atoms with Gasteiger partial charge in [0.1, 0.15) is 0 Å². The number of carboxylic acid groups (broad SMARTS) is 1. The summed E-state index contributed by atoms with van der Waals surface area (Å²) in [5.74, 6) is -1.31. The van der Waals surface area contributed by atoms with Gasteiger partial charge in [-0.15, -0.1) is 0 Å². The molecule has 4 aromatic rings. The van der Waals surface area contributed by atoms with E-state index < -0.39 is 5.97 Å². The van der Waals surface area contributed by atoms with E-state index in [2.05, 4.69) is 20.5 Å². The molecule has 0 radical (unpaired) electrons. The van der Waals surface area contributed by atoms with Gasteiger partial charge in [0.2, 0.25) is 5.91 Å². The molecule has 1 aliphatic rings. The molecular weight excluding hydrogens is 522 g/mol. The van der Waals surface area contributed by atoms with E-state index in [-0.39, 0.29) is 23.3 Å². The van der Waals surface area contributed by atoms with E-state index in [0.29, 0.717) is 71.6 Å². The fraction of sp³-hybridized carbons (Fsp3) is 0.226. The minimum absolute atomic E-state index is 0.0528. The summed E-state index contributed by atoms with van der Waals surface area (Å²) < 4.78 is 0. The van der Waals surface area contributed by atoms with Crippen LogP contribution in [0.15, 0.2) is 71.7 Å². The van der Waals surface area contributed by atoms with Crippen molar-refractivity contribution in [1.29, 1.82) is 0 Å². The Kier molecular flexibility index (Phi) is 8.11. The van der Waals surface area contributed by atoms with E-state index in [1.165, 1.54) is 6.07 Å². The van der Waals surface area contributed by atoms with Crippen molar-refractivity contribution in [2.75, 3.05) is 32.7 Å². The molecule has 0 atom stereocenters. The molecular formula is C31H31N5O5. The van der Waals surface area contributed by atoms with E-state index in [1.807, 2.05) is 30.3 Å². The molecule has 0 saturated carbocycles. The number of nitrogens with one attached hydrogen (secondary N) is 3. The second-order valence-corrected chi connectivity index (χ2v) is 9.94. The Balaban J connectivity index is 1.39. The van der Waals surface area contributed by atoms with Gasteiger partial charge in [0.05, 0.1) is 22.5 Å². The lowest BCUT2D eigenvalue weighted by molar-refractivity contribution is -0.120. The van der Waals surface area contributed by atoms with Crippen molar-refractivity contribution in [3.8, 4) is 5.88 Å². The number of aromatic hydroxyl groups is 1. The third kappa shape index (κ3) is 6.28. The zero-order valence-electron chi connectivity index (χ0n) is 22.6. The zero-order chi connectivity index (χ0) is 28.9. The van der Waals surface area contributed by atoms with Gasteiger partial charge in [-0.3, -0.25) is 14.5 Å². The number of aryl methyl sites for hydroxylation is 1. The van der Waals surface area contributed by atoms with Gasteiger partial charge in [-0.25, -0.2) is 9.79 Å². The number of aromatic amines is 1. The molecule has 0 spiro atoms. The van der Waals surface area contributed by atoms with E-state index >= 15 is 0 Å². The van der Waals surface area contributed by atoms with Crippen LogP contribution in [0, 0.1) is 6.92 Å². The summed E-state index contributed by atoms with van der Waals surface area (Å²) in [5.41, 5.74) is 3.98. The van der Waals surface area contributed by atoms with Gasteiger partial charge in [0.15, 0.2) is 5.88 Å². The number of carboxylic acids is 1. The van der Waals surface area contributed by atoms with Crippen LogP contribution >= 0.6 is 0 Å². The Hall–Kier alpha value is -4.96. The van der Waals surface area contributed by atoms with E-state index in [4.69, 9.17) is 4.99 Å². The number of fused-ring (bicyclic) bond motifs is 1. The van der Waals surface area contributed by atoms with Crippen LogP contribution in [0.25, 0.3) is 10.9 Å². The number of aromatic carboxylic acids is 1. The zero-order valence-corrected chi connectivity index (χ0v) is 22.6. The highest BCUT2D eigenvalue weighted by Crippen LogP contribution is 2.33. The fourth-order valence-corrected chi connectivity index (χ4v) is 4.95. The highest BCUT2D eigenvalue weighted by Gasteiger charge is 2.21. The number of aromatic nitrogens is 1. The van der Waals surface area contributed by atoms with E-state index in [0.717, 1.165) is 12.1 Å². The predicted octanol–water partition coefficient (Wildman–Crippen LogP) is 3.60. The lowest BCUT2D eigenvalue weighted by Crippen LogP contribution is -2.36. The van der Waals surface area contributed by atoms with Crippen LogP contribution < -0.4 is 10.6 Å². The first-order valence-corrected chi connectivity index (χ1v) is 13.4. The maximum absolute atomic E-state index is 12.7. The van der Waals surface area contributed by atoms with Gasteiger partial charge in [-0.2, -0.15) is 0 Å². The number of carbonyl (C=O) groups excluding carboxylic acids is 2. The Labute approximate surface area is 236 Å². The minimum Gasteiger partial charge on any atom is -0.494 e. The quantitative estimate of drug-likeness (QED) is 0.211. The average Bonchev–Trinajstić information content (AvgIpc) is 3.12. The van der Waals surface area contributed by atoms with E-state index in [9.17, 15) is 24.6 Å². The molecule has 1 fully saturated rings. The average molecular weight is 554 g/mol. The monoisotopic (exact) mass is 553 g/mol. The lowest BCUT2D eigenvalue weighted by atomic mass is 9.98. The summed E-state index contributed by atoms with van der Waals surface area (Å²) >= 11 is 0. The Bertz CT molecular complexity index is 1630. The Morgan fingerprint density at radius 3 is 2.51 bits per heavy atom. The summed E-state index contributed by atoms with van der Waals surface area (Å²) in [6, 6.07) is 19.5. The Morgan fingerprint density at radius 1 is 1.02 bits per heavy atom. The third-order valence-electron chi connectivity index (χ3n) is 7.13. The van der Waals surface area contributed by atoms with Crippen molar-refractivity contribution in [3.63, 3.8) is 0 Å². The SMILES string of the molecule is Cc1cc2c(C(=Nc3ccc(C(=O)NCCN4CCNC(=O)CC4)cc3)c3ccccc3)c(O)[nH]c2cc1C(=O)O. The number of aliphatic imine (C=N–C) groups is 1. The highest BCUT2D eigenvalue weighted by molar-refractivity contribution is 6.22. The number of nitrogens with zero attached hydrogens (tertiary/aromatic N) is 2. The van der Waals surface area contributed by atoms with Crippen LogP contribution in [0.4, 0.5) is 5.69 Å². The second kappa shape index (κ2) is 12.1. The fourth-order valence-electron chi connectivity index (χ4n) is 4.95. The summed E-state index contributed by atoms with van der Waals surface area (Å²) in [6.07, 6.45) is 0.459. The highest BCUT2D eigenvalue weighted by atomic mass is 16.4. The molecule has 5 rings (SSSR count). The number of hydrogen-bond donors (Lipinski definition) is 5. The molecule has 0 bridgehead atoms. The topological polar surface area (TPSA) is 147 Å². The standard InChI is InChI=1S/C31H31N5O5/c1-19-17-24-25(18-23(19)31(40)41)35-30(39)27(24)28(20-5-3-2-4-6-20)34-22-9-7-21(8-10-22)29(38)33-13-16-36-14-11-26(37)32-12-15-36/h2-10,17-18,35,39H,11-16H2,1H3,(H,32,37)(H,33,38)(H,40,41). The van der Waals surface area contributed by atoms with Gasteiger partial charge < -0.3 is 25.8 Å². The number of hydrogen-bond acceptors (Lipinski definition) is 6. The smallest absolute Gasteiger partial charge is 0.336 e. The van der Waals surface area contributed by atoms with Crippen molar-refractivity contribution in [3.05, 3.63) is 94.5 Å². The molecule has 3 aromatic carbocycles. The van der Waals surface area contributed by atoms with Crippen molar-refractivity contribution >= 4 is 40.1 Å². The molecule has 5 N–H and O–H groups in total. The first-order valence-electron chi connectivity index (χ1n) is 13.4. The summed E-state index contributed by atoms with van der Waals surface area (Å²) in [6.45, 7) is 4.87. The van der Waals surface area contributed by atoms with Crippen molar-refractivity contribution in [2.24, 2.45) is 4.99 Å². The van der Waals surface area contributed by atoms with Gasteiger partial charge in [0, 0.05) is 61.2 Å². The molecule has 2 amide bonds. The number of benzene rings is 3. The molecule has 10 nitrogen and oxygen atoms in total. The third-order valence-corrected chi connectivity index (χ3v) is 7.13. The van der Waals surface area contributed by atoms with Crippen molar-refractivity contribution in [2.45, 2.75) is 13.3 Å². The molecule has 2 heterocycles. The number of amides is 2. The first kappa shape index (κ1) is 27.6. The van der Waals surface area contributed by atoms with Crippen LogP contribution in [0.2, 0.25) is 0 Å². The molecule has 1 saturated heterocycles. The number of carbonyl (C=O) groups is 3. The van der Waals surface area contributed by atoms with Gasteiger partial charge in [-0.05, 0) is 48.9 Å². The number of H-pyrrole nitrogens is 1. The largest absolute Gasteiger partial charge is 0.494 e. The van der Waals surface area contributed by atoms with Crippen LogP contribution in [0.3, 0.4) is 0 Å². The van der Waals surface area contributed by atoms with Crippen LogP contribution in [-0.2, 0) is 4.79 Å². The van der Waals surface area contributed by atoms with Crippen molar-refractivity contribution in [1.82, 2.24) is 20.5 Å². The molecule has 10 heteroatoms. The summed E-state index contributed by atoms with van der Waals surface area (Å²) in [7, 11) is 0. The number of rotatable bonds is 8. The van der Waals surface area contributed by atoms with E-state index in [1.54, 1.807) is 37.3 Å². The summed E-state index contributed by atoms with van der Waals surface area (Å²) in [4.78, 5) is 45.8. The Morgan fingerprint density at radius 2 is 1.78 bits per heavy atom. The maximum Gasteiger partial charge on any atom is 0.336 e. The molecule has 210 valence electrons. The molecule has 41 heavy (non-hydrogen) atoms. The lowest BCUT2D eigenvalue weighted by Gasteiger charge is -2.18. The van der Waals surface area contributed by atoms with Gasteiger partial charge >= 0.3 is 5.97 Å². The van der Waals surface area contributed by atoms with Crippen LogP contribution in [0.5, 0.6) is 5.88 Å². The minimum atomic E-state index is -1.04. The van der Waals surface area contributed by atoms with Gasteiger partial charge in [-0.1, -0.05) is 30.3 Å². The molecule has 0 aliphatic carbocycles. The van der Waals surface area contributed by atoms with Crippen molar-refractivity contribution < 1.29 is 24.6 Å². The molecule has 0 unspecified atom stereocenters. The van der Waals surface area contributed by atoms with Crippen LogP contribution in [-0.4, -0.2) is 76.3 Å². The first-order chi connectivity index (χ1) is 19.8. The normalized spacial score (nSPS) is 14.5. The van der Waals surface area contributed by atoms with Gasteiger partial charge in [0.25, 0.3) is 5.91 Å². The predicted molar refractivity (Wildman–Crippen MR) is 156 cm³/mol. The van der Waals surface area contributed by atoms with Crippen LogP contribution in [0.1, 0.15) is 43.8 Å². The molecule has 1 aromatic heterocycles.